The minimum Gasteiger partial charge on any atom is -0.444 e. The number of carbonyl (C=O) groups is 1. The van der Waals surface area contributed by atoms with Crippen LogP contribution in [0.1, 0.15) is 34.6 Å². The highest BCUT2D eigenvalue weighted by molar-refractivity contribution is 5.69. The van der Waals surface area contributed by atoms with E-state index in [2.05, 4.69) is 0 Å². The number of hydrogen-bond donors (Lipinski definition) is 0. The number of piperidine rings is 1. The molecule has 3 saturated heterocycles. The average molecular weight is 285 g/mol. The van der Waals surface area contributed by atoms with E-state index in [0.29, 0.717) is 13.2 Å². The van der Waals surface area contributed by atoms with Crippen LogP contribution in [0.15, 0.2) is 0 Å². The number of fused-ring (bicyclic) bond motifs is 3. The van der Waals surface area contributed by atoms with Gasteiger partial charge in [-0.25, -0.2) is 4.79 Å². The summed E-state index contributed by atoms with van der Waals surface area (Å²) >= 11 is 0. The quantitative estimate of drug-likeness (QED) is 0.632. The third-order valence-electron chi connectivity index (χ3n) is 3.75. The predicted molar refractivity (Wildman–Crippen MR) is 70.3 cm³/mol. The lowest BCUT2D eigenvalue weighted by Crippen LogP contribution is -2.63. The number of amides is 1. The maximum Gasteiger partial charge on any atom is 0.410 e. The maximum absolute atomic E-state index is 12.3. The Bertz CT molecular complexity index is 416. The summed E-state index contributed by atoms with van der Waals surface area (Å²) in [4.78, 5) is 14.0. The van der Waals surface area contributed by atoms with Crippen LogP contribution in [0, 0.1) is 0 Å². The molecule has 6 nitrogen and oxygen atoms in total. The normalized spacial score (nSPS) is 38.8. The van der Waals surface area contributed by atoms with Gasteiger partial charge in [0.2, 0.25) is 0 Å². The number of rotatable bonds is 0. The average Bonchev–Trinajstić information content (AvgIpc) is 3.03. The molecule has 6 heteroatoms. The molecule has 0 aromatic rings. The Kier molecular flexibility index (Phi) is 3.05. The molecule has 0 N–H and O–H groups in total. The summed E-state index contributed by atoms with van der Waals surface area (Å²) in [5.41, 5.74) is -0.510. The molecule has 3 aliphatic heterocycles. The number of nitrogens with zero attached hydrogens (tertiary/aromatic N) is 1. The molecular formula is C14H23NO5. The fourth-order valence-electron chi connectivity index (χ4n) is 2.83. The standard InChI is InChI=1S/C14H23NO5/c1-13(2,3)20-12(16)15-6-9-11(18-9)10-8(15)7-17-14(4,5)19-10/h8-11H,6-7H2,1-5H3/t8-,9-,10+,11-/m1/s1. The van der Waals surface area contributed by atoms with Crippen molar-refractivity contribution in [3.63, 3.8) is 0 Å². The summed E-state index contributed by atoms with van der Waals surface area (Å²) in [5, 5.41) is 0. The lowest BCUT2D eigenvalue weighted by atomic mass is 9.98. The van der Waals surface area contributed by atoms with Gasteiger partial charge in [0.15, 0.2) is 5.79 Å². The van der Waals surface area contributed by atoms with E-state index < -0.39 is 11.4 Å². The van der Waals surface area contributed by atoms with Gasteiger partial charge in [0, 0.05) is 0 Å². The van der Waals surface area contributed by atoms with E-state index in [-0.39, 0.29) is 30.4 Å². The Labute approximate surface area is 119 Å². The van der Waals surface area contributed by atoms with Crippen LogP contribution in [-0.2, 0) is 18.9 Å². The first kappa shape index (κ1) is 14.1. The highest BCUT2D eigenvalue weighted by atomic mass is 16.7. The number of likely N-dealkylation sites (tertiary alicyclic amines) is 1. The minimum atomic E-state index is -0.630. The third kappa shape index (κ3) is 2.64. The Morgan fingerprint density at radius 3 is 2.65 bits per heavy atom. The predicted octanol–water partition coefficient (Wildman–Crippen LogP) is 1.52. The second-order valence-corrected chi connectivity index (χ2v) is 7.13. The van der Waals surface area contributed by atoms with Crippen LogP contribution in [0.25, 0.3) is 0 Å². The monoisotopic (exact) mass is 285 g/mol. The summed E-state index contributed by atoms with van der Waals surface area (Å²) in [6.07, 6.45) is -0.307. The van der Waals surface area contributed by atoms with Gasteiger partial charge >= 0.3 is 6.09 Å². The number of ether oxygens (including phenoxy) is 4. The largest absolute Gasteiger partial charge is 0.444 e. The lowest BCUT2D eigenvalue weighted by Gasteiger charge is -2.46. The molecule has 0 saturated carbocycles. The van der Waals surface area contributed by atoms with Gasteiger partial charge in [-0.1, -0.05) is 0 Å². The first-order chi connectivity index (χ1) is 9.16. The van der Waals surface area contributed by atoms with Gasteiger partial charge < -0.3 is 18.9 Å². The zero-order chi connectivity index (χ0) is 14.7. The van der Waals surface area contributed by atoms with Crippen molar-refractivity contribution in [2.45, 2.75) is 70.4 Å². The molecule has 0 unspecified atom stereocenters. The number of carbonyl (C=O) groups excluding carboxylic acids is 1. The summed E-state index contributed by atoms with van der Waals surface area (Å²) in [6, 6.07) is -0.137. The molecule has 0 aromatic heterocycles. The Morgan fingerprint density at radius 2 is 2.00 bits per heavy atom. The molecule has 0 spiro atoms. The summed E-state index contributed by atoms with van der Waals surface area (Å²) in [6.45, 7) is 10.3. The molecule has 20 heavy (non-hydrogen) atoms. The molecule has 3 aliphatic rings. The van der Waals surface area contributed by atoms with Gasteiger partial charge in [-0.05, 0) is 34.6 Å². The van der Waals surface area contributed by atoms with Gasteiger partial charge in [-0.3, -0.25) is 4.90 Å². The van der Waals surface area contributed by atoms with Crippen LogP contribution in [0.2, 0.25) is 0 Å². The first-order valence-corrected chi connectivity index (χ1v) is 7.13. The minimum absolute atomic E-state index is 0.0673. The molecule has 4 atom stereocenters. The van der Waals surface area contributed by atoms with E-state index in [1.807, 2.05) is 34.6 Å². The maximum atomic E-state index is 12.3. The molecule has 0 aliphatic carbocycles. The zero-order valence-corrected chi connectivity index (χ0v) is 12.7. The van der Waals surface area contributed by atoms with E-state index in [4.69, 9.17) is 18.9 Å². The number of epoxide rings is 1. The molecule has 0 aromatic carbocycles. The van der Waals surface area contributed by atoms with Crippen LogP contribution < -0.4 is 0 Å². The fraction of sp³-hybridized carbons (Fsp3) is 0.929. The third-order valence-corrected chi connectivity index (χ3v) is 3.75. The van der Waals surface area contributed by atoms with Crippen molar-refractivity contribution in [1.29, 1.82) is 0 Å². The molecule has 0 radical (unpaired) electrons. The summed E-state index contributed by atoms with van der Waals surface area (Å²) in [5.74, 6) is -0.630. The van der Waals surface area contributed by atoms with Crippen molar-refractivity contribution >= 4 is 6.09 Å². The second kappa shape index (κ2) is 4.32. The van der Waals surface area contributed by atoms with Crippen molar-refractivity contribution in [1.82, 2.24) is 4.90 Å². The summed E-state index contributed by atoms with van der Waals surface area (Å²) < 4.78 is 22.7. The van der Waals surface area contributed by atoms with E-state index in [1.165, 1.54) is 0 Å². The highest BCUT2D eigenvalue weighted by Crippen LogP contribution is 2.41. The number of hydrogen-bond acceptors (Lipinski definition) is 5. The van der Waals surface area contributed by atoms with E-state index >= 15 is 0 Å². The summed E-state index contributed by atoms with van der Waals surface area (Å²) in [7, 11) is 0. The van der Waals surface area contributed by atoms with Gasteiger partial charge in [-0.15, -0.1) is 0 Å². The first-order valence-electron chi connectivity index (χ1n) is 7.13. The Hall–Kier alpha value is -0.850. The molecular weight excluding hydrogens is 262 g/mol. The fourth-order valence-corrected chi connectivity index (χ4v) is 2.83. The van der Waals surface area contributed by atoms with E-state index in [9.17, 15) is 4.79 Å². The smallest absolute Gasteiger partial charge is 0.410 e. The topological polar surface area (TPSA) is 60.5 Å². The van der Waals surface area contributed by atoms with Gasteiger partial charge in [0.1, 0.15) is 23.9 Å². The van der Waals surface area contributed by atoms with Crippen LogP contribution in [0.3, 0.4) is 0 Å². The van der Waals surface area contributed by atoms with Crippen LogP contribution in [-0.4, -0.2) is 59.9 Å². The van der Waals surface area contributed by atoms with E-state index in [0.717, 1.165) is 0 Å². The second-order valence-electron chi connectivity index (χ2n) is 7.13. The van der Waals surface area contributed by atoms with Gasteiger partial charge in [0.25, 0.3) is 0 Å². The van der Waals surface area contributed by atoms with Crippen molar-refractivity contribution in [3.8, 4) is 0 Å². The molecule has 114 valence electrons. The Balaban J connectivity index is 1.74. The SMILES string of the molecule is CC(C)(C)OC(=O)N1C[C@H]2O[C@H]2[C@H]2OC(C)(C)OC[C@H]21. The van der Waals surface area contributed by atoms with Crippen molar-refractivity contribution in [2.75, 3.05) is 13.2 Å². The molecule has 0 bridgehead atoms. The van der Waals surface area contributed by atoms with Crippen molar-refractivity contribution < 1.29 is 23.7 Å². The van der Waals surface area contributed by atoms with E-state index in [1.54, 1.807) is 4.90 Å². The van der Waals surface area contributed by atoms with Crippen LogP contribution >= 0.6 is 0 Å². The van der Waals surface area contributed by atoms with Crippen molar-refractivity contribution in [2.24, 2.45) is 0 Å². The van der Waals surface area contributed by atoms with Crippen LogP contribution in [0.5, 0.6) is 0 Å². The van der Waals surface area contributed by atoms with Gasteiger partial charge in [-0.2, -0.15) is 0 Å². The zero-order valence-electron chi connectivity index (χ0n) is 12.7. The molecule has 3 fully saturated rings. The highest BCUT2D eigenvalue weighted by Gasteiger charge is 2.60. The molecule has 1 amide bonds. The lowest BCUT2D eigenvalue weighted by molar-refractivity contribution is -0.296. The Morgan fingerprint density at radius 1 is 1.30 bits per heavy atom. The van der Waals surface area contributed by atoms with Crippen LogP contribution in [0.4, 0.5) is 4.79 Å². The van der Waals surface area contributed by atoms with Gasteiger partial charge in [0.05, 0.1) is 19.2 Å². The molecule has 3 rings (SSSR count). The van der Waals surface area contributed by atoms with Crippen molar-refractivity contribution in [3.05, 3.63) is 0 Å². The molecule has 3 heterocycles.